The van der Waals surface area contributed by atoms with Gasteiger partial charge in [0.15, 0.2) is 11.5 Å². The van der Waals surface area contributed by atoms with E-state index >= 15 is 0 Å². The van der Waals surface area contributed by atoms with Crippen molar-refractivity contribution in [2.24, 2.45) is 0 Å². The molecule has 2 N–H and O–H groups in total. The fourth-order valence-corrected chi connectivity index (χ4v) is 4.29. The van der Waals surface area contributed by atoms with E-state index in [4.69, 9.17) is 21.1 Å². The summed E-state index contributed by atoms with van der Waals surface area (Å²) in [6, 6.07) is 9.14. The largest absolute Gasteiger partial charge is 0.486 e. The maximum atomic E-state index is 12.6. The van der Waals surface area contributed by atoms with E-state index in [1.807, 2.05) is 0 Å². The summed E-state index contributed by atoms with van der Waals surface area (Å²) in [6.07, 6.45) is 1.70. The Hall–Kier alpha value is -2.29. The zero-order valence-corrected chi connectivity index (χ0v) is 15.8. The van der Waals surface area contributed by atoms with E-state index < -0.39 is 15.9 Å². The molecular weight excluding hydrogens is 392 g/mol. The van der Waals surface area contributed by atoms with Gasteiger partial charge in [-0.3, -0.25) is 4.79 Å². The van der Waals surface area contributed by atoms with Gasteiger partial charge in [-0.25, -0.2) is 13.1 Å². The van der Waals surface area contributed by atoms with Gasteiger partial charge < -0.3 is 14.8 Å². The molecule has 1 fully saturated rings. The molecule has 1 heterocycles. The number of benzene rings is 2. The normalized spacial score (nSPS) is 16.0. The van der Waals surface area contributed by atoms with Gasteiger partial charge in [-0.2, -0.15) is 0 Å². The molecule has 1 amide bonds. The van der Waals surface area contributed by atoms with E-state index in [-0.39, 0.29) is 21.5 Å². The number of carbonyl (C=O) groups is 1. The highest BCUT2D eigenvalue weighted by Crippen LogP contribution is 2.38. The summed E-state index contributed by atoms with van der Waals surface area (Å²) in [5, 5.41) is 2.97. The second-order valence-electron chi connectivity index (χ2n) is 6.36. The molecule has 0 atom stereocenters. The van der Waals surface area contributed by atoms with E-state index in [0.717, 1.165) is 12.8 Å². The summed E-state index contributed by atoms with van der Waals surface area (Å²) >= 11 is 6.16. The Balaban J connectivity index is 1.55. The van der Waals surface area contributed by atoms with Crippen molar-refractivity contribution in [3.05, 3.63) is 47.0 Å². The summed E-state index contributed by atoms with van der Waals surface area (Å²) < 4.78 is 38.2. The average molecular weight is 409 g/mol. The summed E-state index contributed by atoms with van der Waals surface area (Å²) in [4.78, 5) is 12.7. The van der Waals surface area contributed by atoms with Crippen molar-refractivity contribution in [3.8, 4) is 11.5 Å². The molecule has 9 heteroatoms. The van der Waals surface area contributed by atoms with Crippen molar-refractivity contribution in [3.63, 3.8) is 0 Å². The number of halogens is 1. The lowest BCUT2D eigenvalue weighted by molar-refractivity contribution is 0.102. The zero-order valence-electron chi connectivity index (χ0n) is 14.2. The number of nitrogens with one attached hydrogen (secondary N) is 2. The Kier molecular flexibility index (Phi) is 4.71. The first-order valence-electron chi connectivity index (χ1n) is 8.45. The number of ether oxygens (including phenoxy) is 2. The minimum absolute atomic E-state index is 0.00750. The molecule has 142 valence electrons. The van der Waals surface area contributed by atoms with Crippen LogP contribution >= 0.6 is 11.6 Å². The predicted molar refractivity (Wildman–Crippen MR) is 100 cm³/mol. The quantitative estimate of drug-likeness (QED) is 0.793. The molecule has 4 rings (SSSR count). The number of fused-ring (bicyclic) bond motifs is 1. The SMILES string of the molecule is O=C(Nc1cccc(S(=O)(=O)NC2CC2)c1)c1cc(Cl)c2c(c1)OCCO2. The minimum Gasteiger partial charge on any atom is -0.486 e. The number of sulfonamides is 1. The van der Waals surface area contributed by atoms with Gasteiger partial charge in [0.05, 0.1) is 9.92 Å². The van der Waals surface area contributed by atoms with Crippen molar-refractivity contribution < 1.29 is 22.7 Å². The number of rotatable bonds is 5. The molecule has 7 nitrogen and oxygen atoms in total. The molecule has 1 aliphatic carbocycles. The van der Waals surface area contributed by atoms with Gasteiger partial charge in [0, 0.05) is 17.3 Å². The Morgan fingerprint density at radius 1 is 1.11 bits per heavy atom. The van der Waals surface area contributed by atoms with Crippen LogP contribution < -0.4 is 19.5 Å². The van der Waals surface area contributed by atoms with Crippen molar-refractivity contribution in [2.45, 2.75) is 23.8 Å². The van der Waals surface area contributed by atoms with Gasteiger partial charge in [0.1, 0.15) is 13.2 Å². The smallest absolute Gasteiger partial charge is 0.255 e. The molecule has 1 saturated carbocycles. The van der Waals surface area contributed by atoms with Gasteiger partial charge in [-0.1, -0.05) is 17.7 Å². The number of hydrogen-bond donors (Lipinski definition) is 2. The topological polar surface area (TPSA) is 93.7 Å². The maximum absolute atomic E-state index is 12.6. The van der Waals surface area contributed by atoms with Gasteiger partial charge in [0.2, 0.25) is 10.0 Å². The third-order valence-corrected chi connectivity index (χ3v) is 5.96. The number of anilines is 1. The van der Waals surface area contributed by atoms with Crippen LogP contribution in [0.4, 0.5) is 5.69 Å². The van der Waals surface area contributed by atoms with Crippen LogP contribution in [0.15, 0.2) is 41.3 Å². The molecular formula is C18H17ClN2O5S. The van der Waals surface area contributed by atoms with Crippen LogP contribution in [0.1, 0.15) is 23.2 Å². The van der Waals surface area contributed by atoms with E-state index in [0.29, 0.717) is 30.4 Å². The van der Waals surface area contributed by atoms with Crippen LogP contribution in [-0.2, 0) is 10.0 Å². The Morgan fingerprint density at radius 3 is 2.67 bits per heavy atom. The van der Waals surface area contributed by atoms with E-state index in [1.54, 1.807) is 18.2 Å². The molecule has 1 aliphatic heterocycles. The lowest BCUT2D eigenvalue weighted by atomic mass is 10.1. The van der Waals surface area contributed by atoms with Crippen molar-refractivity contribution in [2.75, 3.05) is 18.5 Å². The first-order chi connectivity index (χ1) is 12.9. The van der Waals surface area contributed by atoms with E-state index in [1.165, 1.54) is 18.2 Å². The molecule has 27 heavy (non-hydrogen) atoms. The second-order valence-corrected chi connectivity index (χ2v) is 8.48. The van der Waals surface area contributed by atoms with Crippen LogP contribution in [0.5, 0.6) is 11.5 Å². The Bertz CT molecular complexity index is 1000. The van der Waals surface area contributed by atoms with Gasteiger partial charge in [0.25, 0.3) is 5.91 Å². The van der Waals surface area contributed by atoms with E-state index in [9.17, 15) is 13.2 Å². The minimum atomic E-state index is -3.60. The summed E-state index contributed by atoms with van der Waals surface area (Å²) in [5.74, 6) is 0.390. The molecule has 0 radical (unpaired) electrons. The predicted octanol–water partition coefficient (Wildman–Crippen LogP) is 2.80. The third kappa shape index (κ3) is 4.02. The lowest BCUT2D eigenvalue weighted by Crippen LogP contribution is -2.25. The van der Waals surface area contributed by atoms with Crippen LogP contribution in [0.25, 0.3) is 0 Å². The molecule has 2 aliphatic rings. The third-order valence-electron chi connectivity index (χ3n) is 4.16. The van der Waals surface area contributed by atoms with Gasteiger partial charge in [-0.05, 0) is 43.2 Å². The molecule has 2 aromatic carbocycles. The highest BCUT2D eigenvalue weighted by molar-refractivity contribution is 7.89. The fraction of sp³-hybridized carbons (Fsp3) is 0.278. The van der Waals surface area contributed by atoms with Crippen LogP contribution in [-0.4, -0.2) is 33.6 Å². The lowest BCUT2D eigenvalue weighted by Gasteiger charge is -2.20. The van der Waals surface area contributed by atoms with Gasteiger partial charge >= 0.3 is 0 Å². The maximum Gasteiger partial charge on any atom is 0.255 e. The highest BCUT2D eigenvalue weighted by atomic mass is 35.5. The summed E-state index contributed by atoms with van der Waals surface area (Å²) in [7, 11) is -3.60. The molecule has 2 aromatic rings. The molecule has 0 saturated heterocycles. The van der Waals surface area contributed by atoms with Gasteiger partial charge in [-0.15, -0.1) is 0 Å². The standard InChI is InChI=1S/C18H17ClN2O5S/c19-15-8-11(9-16-17(15)26-7-6-25-16)18(22)20-13-2-1-3-14(10-13)27(23,24)21-12-4-5-12/h1-3,8-10,12,21H,4-7H2,(H,20,22). The van der Waals surface area contributed by atoms with Crippen molar-refractivity contribution in [1.82, 2.24) is 4.72 Å². The van der Waals surface area contributed by atoms with Crippen LogP contribution in [0.2, 0.25) is 5.02 Å². The Labute approximate surface area is 161 Å². The molecule has 0 spiro atoms. The van der Waals surface area contributed by atoms with Crippen molar-refractivity contribution in [1.29, 1.82) is 0 Å². The van der Waals surface area contributed by atoms with E-state index in [2.05, 4.69) is 10.0 Å². The zero-order chi connectivity index (χ0) is 19.0. The average Bonchev–Trinajstić information content (AvgIpc) is 3.45. The van der Waals surface area contributed by atoms with Crippen LogP contribution in [0.3, 0.4) is 0 Å². The Morgan fingerprint density at radius 2 is 1.89 bits per heavy atom. The second kappa shape index (κ2) is 7.03. The summed E-state index contributed by atoms with van der Waals surface area (Å²) in [6.45, 7) is 0.775. The first kappa shape index (κ1) is 18.1. The monoisotopic (exact) mass is 408 g/mol. The summed E-state index contributed by atoms with van der Waals surface area (Å²) in [5.41, 5.74) is 0.651. The van der Waals surface area contributed by atoms with Crippen molar-refractivity contribution >= 4 is 33.2 Å². The number of amides is 1. The first-order valence-corrected chi connectivity index (χ1v) is 10.3. The molecule has 0 aromatic heterocycles. The highest BCUT2D eigenvalue weighted by Gasteiger charge is 2.28. The molecule has 0 unspecified atom stereocenters. The number of hydrogen-bond acceptors (Lipinski definition) is 5. The molecule has 0 bridgehead atoms. The number of carbonyl (C=O) groups excluding carboxylic acids is 1. The fourth-order valence-electron chi connectivity index (χ4n) is 2.67. The van der Waals surface area contributed by atoms with Crippen LogP contribution in [0, 0.1) is 0 Å².